The second kappa shape index (κ2) is 8.27. The van der Waals surface area contributed by atoms with Gasteiger partial charge in [-0.25, -0.2) is 0 Å². The van der Waals surface area contributed by atoms with E-state index in [-0.39, 0.29) is 16.6 Å². The van der Waals surface area contributed by atoms with Gasteiger partial charge in [0.1, 0.15) is 16.6 Å². The molecular weight excluding hydrogens is 392 g/mol. The lowest BCUT2D eigenvalue weighted by Crippen LogP contribution is -2.30. The zero-order chi connectivity index (χ0) is 21.8. The van der Waals surface area contributed by atoms with Gasteiger partial charge in [-0.05, 0) is 30.7 Å². The van der Waals surface area contributed by atoms with Crippen molar-refractivity contribution < 1.29 is 19.4 Å². The minimum atomic E-state index is -0.916. The van der Waals surface area contributed by atoms with E-state index in [1.165, 1.54) is 60.8 Å². The van der Waals surface area contributed by atoms with Crippen LogP contribution in [0.2, 0.25) is 0 Å². The van der Waals surface area contributed by atoms with Crippen LogP contribution < -0.4 is 5.49 Å². The summed E-state index contributed by atoms with van der Waals surface area (Å²) in [7, 11) is 0. The molecule has 3 aromatic rings. The Morgan fingerprint density at radius 3 is 1.97 bits per heavy atom. The number of nitro benzene ring substituents is 2. The summed E-state index contributed by atoms with van der Waals surface area (Å²) >= 11 is 0. The molecule has 0 radical (unpaired) electrons. The van der Waals surface area contributed by atoms with Crippen LogP contribution in [0.5, 0.6) is 0 Å². The van der Waals surface area contributed by atoms with Crippen LogP contribution in [0, 0.1) is 27.2 Å². The predicted molar refractivity (Wildman–Crippen MR) is 105 cm³/mol. The molecule has 0 saturated carbocycles. The molecule has 0 saturated heterocycles. The Labute approximate surface area is 169 Å². The molecule has 0 bridgehead atoms. The minimum Gasteiger partial charge on any atom is -0.268 e. The van der Waals surface area contributed by atoms with Crippen LogP contribution in [0.15, 0.2) is 71.9 Å². The lowest BCUT2D eigenvalue weighted by atomic mass is 10.1. The van der Waals surface area contributed by atoms with Gasteiger partial charge in [0.25, 0.3) is 23.2 Å². The SMILES string of the molecule is Cc1cccn(C(=O)c2ccccc2[N+](=O)[O-])c1=NC(=O)c1ccccc1[N+](=O)[O-]. The standard InChI is InChI=1S/C20H14N4O6/c1-13-7-6-12-22(20(26)15-9-3-5-11-17(15)24(29)30)18(13)21-19(25)14-8-2-4-10-16(14)23(27)28/h2-12H,1H3. The minimum absolute atomic E-state index is 0.0798. The zero-order valence-electron chi connectivity index (χ0n) is 15.6. The quantitative estimate of drug-likeness (QED) is 0.482. The molecule has 30 heavy (non-hydrogen) atoms. The molecule has 2 aromatic carbocycles. The number of hydrogen-bond donors (Lipinski definition) is 0. The number of para-hydroxylation sites is 2. The summed E-state index contributed by atoms with van der Waals surface area (Å²) in [6.07, 6.45) is 1.32. The van der Waals surface area contributed by atoms with E-state index in [1.807, 2.05) is 0 Å². The van der Waals surface area contributed by atoms with Gasteiger partial charge in [0.05, 0.1) is 9.85 Å². The van der Waals surface area contributed by atoms with Crippen molar-refractivity contribution in [3.05, 3.63) is 109 Å². The van der Waals surface area contributed by atoms with Crippen molar-refractivity contribution >= 4 is 23.2 Å². The van der Waals surface area contributed by atoms with Crippen LogP contribution in [0.3, 0.4) is 0 Å². The van der Waals surface area contributed by atoms with E-state index >= 15 is 0 Å². The highest BCUT2D eigenvalue weighted by Gasteiger charge is 2.23. The molecule has 1 amide bonds. The Hall–Kier alpha value is -4.47. The van der Waals surface area contributed by atoms with Gasteiger partial charge < -0.3 is 0 Å². The summed E-state index contributed by atoms with van der Waals surface area (Å²) in [5, 5.41) is 22.5. The Morgan fingerprint density at radius 1 is 0.833 bits per heavy atom. The molecule has 1 heterocycles. The first-order chi connectivity index (χ1) is 14.3. The number of nitrogens with zero attached hydrogens (tertiary/aromatic N) is 4. The highest BCUT2D eigenvalue weighted by atomic mass is 16.6. The lowest BCUT2D eigenvalue weighted by molar-refractivity contribution is -0.385. The molecule has 150 valence electrons. The molecular formula is C20H14N4O6. The molecule has 10 heteroatoms. The number of nitro groups is 2. The van der Waals surface area contributed by atoms with Crippen molar-refractivity contribution in [2.75, 3.05) is 0 Å². The van der Waals surface area contributed by atoms with Gasteiger partial charge in [0.15, 0.2) is 0 Å². The van der Waals surface area contributed by atoms with Gasteiger partial charge in [-0.2, -0.15) is 4.99 Å². The molecule has 3 rings (SSSR count). The molecule has 0 unspecified atom stereocenters. The summed E-state index contributed by atoms with van der Waals surface area (Å²) in [4.78, 5) is 50.7. The number of aryl methyl sites for hydroxylation is 1. The van der Waals surface area contributed by atoms with E-state index in [0.29, 0.717) is 5.56 Å². The smallest absolute Gasteiger partial charge is 0.268 e. The predicted octanol–water partition coefficient (Wildman–Crippen LogP) is 3.04. The Kier molecular flexibility index (Phi) is 5.59. The van der Waals surface area contributed by atoms with Gasteiger partial charge in [-0.3, -0.25) is 34.4 Å². The second-order valence-corrected chi connectivity index (χ2v) is 6.16. The van der Waals surface area contributed by atoms with Crippen LogP contribution in [-0.4, -0.2) is 26.2 Å². The van der Waals surface area contributed by atoms with Crippen LogP contribution in [0.1, 0.15) is 26.3 Å². The summed E-state index contributed by atoms with van der Waals surface area (Å²) in [6.45, 7) is 1.59. The molecule has 0 spiro atoms. The van der Waals surface area contributed by atoms with Crippen LogP contribution in [0.4, 0.5) is 11.4 Å². The highest BCUT2D eigenvalue weighted by Crippen LogP contribution is 2.19. The fraction of sp³-hybridized carbons (Fsp3) is 0.0500. The average molecular weight is 406 g/mol. The van der Waals surface area contributed by atoms with E-state index < -0.39 is 33.0 Å². The average Bonchev–Trinajstić information content (AvgIpc) is 2.74. The number of pyridine rings is 1. The number of rotatable bonds is 4. The van der Waals surface area contributed by atoms with Gasteiger partial charge in [-0.15, -0.1) is 0 Å². The first-order valence-electron chi connectivity index (χ1n) is 8.60. The number of benzene rings is 2. The maximum atomic E-state index is 13.0. The van der Waals surface area contributed by atoms with Gasteiger partial charge in [-0.1, -0.05) is 30.3 Å². The third kappa shape index (κ3) is 3.87. The summed E-state index contributed by atoms with van der Waals surface area (Å²) in [6, 6.07) is 13.8. The van der Waals surface area contributed by atoms with E-state index in [9.17, 15) is 29.8 Å². The van der Waals surface area contributed by atoms with Crippen molar-refractivity contribution in [1.29, 1.82) is 0 Å². The molecule has 0 atom stereocenters. The largest absolute Gasteiger partial charge is 0.285 e. The van der Waals surface area contributed by atoms with Crippen molar-refractivity contribution in [3.63, 3.8) is 0 Å². The summed E-state index contributed by atoms with van der Waals surface area (Å²) in [5.74, 6) is -1.68. The molecule has 0 aliphatic carbocycles. The zero-order valence-corrected chi connectivity index (χ0v) is 15.6. The number of carbonyl (C=O) groups excluding carboxylic acids is 2. The van der Waals surface area contributed by atoms with Crippen molar-refractivity contribution in [3.8, 4) is 0 Å². The topological polar surface area (TPSA) is 138 Å². The van der Waals surface area contributed by atoms with Crippen molar-refractivity contribution in [2.45, 2.75) is 6.92 Å². The highest BCUT2D eigenvalue weighted by molar-refractivity contribution is 6.01. The van der Waals surface area contributed by atoms with Crippen LogP contribution >= 0.6 is 0 Å². The third-order valence-electron chi connectivity index (χ3n) is 4.25. The van der Waals surface area contributed by atoms with E-state index in [2.05, 4.69) is 4.99 Å². The van der Waals surface area contributed by atoms with Crippen molar-refractivity contribution in [1.82, 2.24) is 4.57 Å². The Morgan fingerprint density at radius 2 is 1.37 bits per heavy atom. The lowest BCUT2D eigenvalue weighted by Gasteiger charge is -2.08. The molecule has 0 N–H and O–H groups in total. The van der Waals surface area contributed by atoms with E-state index in [1.54, 1.807) is 13.0 Å². The molecule has 0 aliphatic heterocycles. The number of amides is 1. The Balaban J connectivity index is 2.18. The molecule has 10 nitrogen and oxygen atoms in total. The van der Waals surface area contributed by atoms with E-state index in [4.69, 9.17) is 0 Å². The van der Waals surface area contributed by atoms with Crippen LogP contribution in [-0.2, 0) is 0 Å². The fourth-order valence-electron chi connectivity index (χ4n) is 2.83. The van der Waals surface area contributed by atoms with Gasteiger partial charge in [0, 0.05) is 18.3 Å². The number of aromatic nitrogens is 1. The summed E-state index contributed by atoms with van der Waals surface area (Å²) < 4.78 is 1.00. The second-order valence-electron chi connectivity index (χ2n) is 6.16. The maximum absolute atomic E-state index is 13.0. The maximum Gasteiger partial charge on any atom is 0.285 e. The van der Waals surface area contributed by atoms with E-state index in [0.717, 1.165) is 4.57 Å². The van der Waals surface area contributed by atoms with Crippen LogP contribution in [0.25, 0.3) is 0 Å². The first kappa shape index (κ1) is 20.3. The molecule has 0 fully saturated rings. The fourth-order valence-corrected chi connectivity index (χ4v) is 2.83. The van der Waals surface area contributed by atoms with Gasteiger partial charge in [0.2, 0.25) is 0 Å². The van der Waals surface area contributed by atoms with Crippen molar-refractivity contribution in [2.24, 2.45) is 4.99 Å². The molecule has 1 aromatic heterocycles. The number of hydrogen-bond acceptors (Lipinski definition) is 6. The monoisotopic (exact) mass is 406 g/mol. The number of carbonyl (C=O) groups is 2. The summed E-state index contributed by atoms with van der Waals surface area (Å²) in [5.41, 5.74) is -0.896. The molecule has 0 aliphatic rings. The third-order valence-corrected chi connectivity index (χ3v) is 4.25. The normalized spacial score (nSPS) is 11.2. The van der Waals surface area contributed by atoms with Gasteiger partial charge >= 0.3 is 0 Å². The Bertz CT molecular complexity index is 1260. The first-order valence-corrected chi connectivity index (χ1v) is 8.60.